The molecule has 1 spiro atoms. The second-order valence-electron chi connectivity index (χ2n) is 8.07. The van der Waals surface area contributed by atoms with Crippen molar-refractivity contribution in [2.24, 2.45) is 0 Å². The van der Waals surface area contributed by atoms with Gasteiger partial charge in [-0.2, -0.15) is 0 Å². The molecule has 3 amide bonds. The van der Waals surface area contributed by atoms with Gasteiger partial charge in [0, 0.05) is 0 Å². The summed E-state index contributed by atoms with van der Waals surface area (Å²) >= 11 is 0. The minimum atomic E-state index is -4.30. The Hall–Kier alpha value is -3.20. The maximum absolute atomic E-state index is 12.5. The Bertz CT molecular complexity index is 916. The van der Waals surface area contributed by atoms with E-state index in [0.29, 0.717) is 55.0 Å². The molecule has 2 aromatic rings. The number of carbonyl (C=O) groups excluding carboxylic acids is 2. The van der Waals surface area contributed by atoms with E-state index in [0.717, 1.165) is 19.3 Å². The summed E-state index contributed by atoms with van der Waals surface area (Å²) in [4.78, 5) is 26.0. The molecule has 5 rings (SSSR count). The topological polar surface area (TPSA) is 86.3 Å². The molecule has 0 bridgehead atoms. The number of benzene rings is 2. The molecule has 0 unspecified atom stereocenters. The van der Waals surface area contributed by atoms with E-state index in [4.69, 9.17) is 17.7 Å². The predicted octanol–water partition coefficient (Wildman–Crippen LogP) is 3.82. The molecule has 3 aliphatic heterocycles. The van der Waals surface area contributed by atoms with Gasteiger partial charge in [0.1, 0.15) is 0 Å². The molecule has 9 heteroatoms. The van der Waals surface area contributed by atoms with Crippen LogP contribution in [0.5, 0.6) is 23.0 Å². The van der Waals surface area contributed by atoms with Crippen LogP contribution in [0.3, 0.4) is 0 Å². The molecule has 164 valence electrons. The molecule has 0 aliphatic carbocycles. The Morgan fingerprint density at radius 2 is 1.42 bits per heavy atom. The van der Waals surface area contributed by atoms with Crippen molar-refractivity contribution in [1.82, 2.24) is 10.2 Å². The maximum atomic E-state index is 12.5. The quantitative estimate of drug-likeness (QED) is 0.573. The summed E-state index contributed by atoms with van der Waals surface area (Å²) < 4.78 is 25.2. The molecule has 0 radical (unpaired) electrons. The van der Waals surface area contributed by atoms with Crippen LogP contribution in [0.2, 0.25) is 6.04 Å². The normalized spacial score (nSPS) is 21.2. The number of nitrogens with one attached hydrogen (secondary N) is 1. The van der Waals surface area contributed by atoms with Crippen LogP contribution in [0.1, 0.15) is 32.1 Å². The summed E-state index contributed by atoms with van der Waals surface area (Å²) in [5.41, 5.74) is 0. The van der Waals surface area contributed by atoms with Crippen molar-refractivity contribution < 1.29 is 27.3 Å². The van der Waals surface area contributed by atoms with Crippen LogP contribution >= 0.6 is 0 Å². The van der Waals surface area contributed by atoms with Crippen molar-refractivity contribution >= 4 is 20.3 Å². The zero-order valence-electron chi connectivity index (χ0n) is 17.2. The summed E-state index contributed by atoms with van der Waals surface area (Å²) in [6.07, 6.45) is 3.57. The molecule has 1 N–H and O–H groups in total. The number of hydrogen-bond acceptors (Lipinski definition) is 6. The first kappa shape index (κ1) is 19.7. The summed E-state index contributed by atoms with van der Waals surface area (Å²) in [6.45, 7) is 0.812. The van der Waals surface area contributed by atoms with Crippen LogP contribution in [0.4, 0.5) is 4.79 Å². The van der Waals surface area contributed by atoms with Crippen molar-refractivity contribution in [3.05, 3.63) is 48.5 Å². The van der Waals surface area contributed by atoms with Crippen molar-refractivity contribution in [3.8, 4) is 23.0 Å². The van der Waals surface area contributed by atoms with Crippen molar-refractivity contribution in [3.63, 3.8) is 0 Å². The number of rotatable bonds is 4. The summed E-state index contributed by atoms with van der Waals surface area (Å²) in [6, 6.07) is 14.8. The van der Waals surface area contributed by atoms with Gasteiger partial charge in [0.05, 0.1) is 0 Å². The molecule has 31 heavy (non-hydrogen) atoms. The van der Waals surface area contributed by atoms with E-state index >= 15 is 0 Å². The van der Waals surface area contributed by atoms with E-state index in [1.807, 2.05) is 48.5 Å². The van der Waals surface area contributed by atoms with Crippen molar-refractivity contribution in [2.75, 3.05) is 13.1 Å². The average Bonchev–Trinajstić information content (AvgIpc) is 3.17. The van der Waals surface area contributed by atoms with Crippen LogP contribution < -0.4 is 23.0 Å². The standard InChI is InChI=1S/C22H25N2O6Si/c25-21-13-2-1-7-15-24(21)22(26)23-14-8-16-31(27-17-9-3-4-10-18(17)28-31)29-19-11-5-6-12-20(19)30-31/h3-6,9-12H,1-2,7-8,13-16H2,(H,23,26)/q-1. The van der Waals surface area contributed by atoms with Gasteiger partial charge in [0.2, 0.25) is 0 Å². The SMILES string of the molecule is O=C1CCCCCN1C(=O)NCCC[Si-]12(Oc3ccccc3O1)Oc1ccccc1O2. The summed E-state index contributed by atoms with van der Waals surface area (Å²) in [7, 11) is -4.30. The van der Waals surface area contributed by atoms with Gasteiger partial charge in [-0.15, -0.1) is 0 Å². The third kappa shape index (κ3) is 3.58. The molecule has 2 aromatic carbocycles. The van der Waals surface area contributed by atoms with Gasteiger partial charge in [-0.25, -0.2) is 0 Å². The van der Waals surface area contributed by atoms with Crippen LogP contribution in [0.15, 0.2) is 48.5 Å². The van der Waals surface area contributed by atoms with E-state index in [1.165, 1.54) is 4.90 Å². The van der Waals surface area contributed by atoms with E-state index in [-0.39, 0.29) is 11.9 Å². The second kappa shape index (κ2) is 7.49. The van der Waals surface area contributed by atoms with Crippen LogP contribution in [-0.4, -0.2) is 38.3 Å². The minimum absolute atomic E-state index is 0.115. The third-order valence-electron chi connectivity index (χ3n) is 5.78. The third-order valence-corrected chi connectivity index (χ3v) is 9.41. The van der Waals surface area contributed by atoms with Gasteiger partial charge >= 0.3 is 181 Å². The van der Waals surface area contributed by atoms with Gasteiger partial charge in [-0.05, 0) is 0 Å². The number of fused-ring (bicyclic) bond motifs is 2. The Kier molecular flexibility index (Phi) is 4.77. The van der Waals surface area contributed by atoms with Crippen LogP contribution in [-0.2, 0) is 4.79 Å². The van der Waals surface area contributed by atoms with Gasteiger partial charge in [-0.3, -0.25) is 0 Å². The monoisotopic (exact) mass is 441 g/mol. The fraction of sp³-hybridized carbons (Fsp3) is 0.364. The first-order valence-electron chi connectivity index (χ1n) is 10.8. The molecule has 0 atom stereocenters. The number of para-hydroxylation sites is 4. The average molecular weight is 442 g/mol. The Morgan fingerprint density at radius 1 is 0.871 bits per heavy atom. The van der Waals surface area contributed by atoms with E-state index in [9.17, 15) is 9.59 Å². The van der Waals surface area contributed by atoms with Gasteiger partial charge in [0.25, 0.3) is 0 Å². The zero-order valence-corrected chi connectivity index (χ0v) is 18.2. The van der Waals surface area contributed by atoms with Crippen LogP contribution in [0.25, 0.3) is 0 Å². The number of likely N-dealkylation sites (tertiary alicyclic amines) is 1. The zero-order chi connectivity index (χ0) is 21.3. The van der Waals surface area contributed by atoms with Gasteiger partial charge < -0.3 is 0 Å². The number of nitrogens with zero attached hydrogens (tertiary/aromatic N) is 1. The molecule has 3 heterocycles. The molecule has 1 fully saturated rings. The van der Waals surface area contributed by atoms with Gasteiger partial charge in [0.15, 0.2) is 0 Å². The molecular weight excluding hydrogens is 416 g/mol. The Labute approximate surface area is 180 Å². The first-order valence-corrected chi connectivity index (χ1v) is 13.1. The molecule has 1 saturated heterocycles. The van der Waals surface area contributed by atoms with E-state index in [1.54, 1.807) is 0 Å². The van der Waals surface area contributed by atoms with Crippen molar-refractivity contribution in [2.45, 2.75) is 38.1 Å². The number of carbonyl (C=O) groups is 2. The number of amides is 3. The Balaban J connectivity index is 1.28. The van der Waals surface area contributed by atoms with Crippen molar-refractivity contribution in [1.29, 1.82) is 0 Å². The van der Waals surface area contributed by atoms with Crippen LogP contribution in [0, 0.1) is 0 Å². The number of hydrogen-bond donors (Lipinski definition) is 1. The Morgan fingerprint density at radius 3 is 1.97 bits per heavy atom. The molecule has 3 aliphatic rings. The fourth-order valence-electron chi connectivity index (χ4n) is 4.28. The van der Waals surface area contributed by atoms with E-state index in [2.05, 4.69) is 5.32 Å². The number of imide groups is 1. The molecular formula is C22H25N2O6Si-. The predicted molar refractivity (Wildman–Crippen MR) is 114 cm³/mol. The second-order valence-corrected chi connectivity index (χ2v) is 11.5. The first-order chi connectivity index (χ1) is 15.1. The summed E-state index contributed by atoms with van der Waals surface area (Å²) in [5.74, 6) is 2.23. The number of urea groups is 1. The molecule has 0 aromatic heterocycles. The van der Waals surface area contributed by atoms with E-state index < -0.39 is 8.33 Å². The molecule has 8 nitrogen and oxygen atoms in total. The molecule has 0 saturated carbocycles. The van der Waals surface area contributed by atoms with Gasteiger partial charge in [-0.1, -0.05) is 0 Å². The fourth-order valence-corrected chi connectivity index (χ4v) is 8.07. The summed E-state index contributed by atoms with van der Waals surface area (Å²) in [5, 5.41) is 2.85.